The summed E-state index contributed by atoms with van der Waals surface area (Å²) in [5.74, 6) is 3.34. The fraction of sp³-hybridized carbons (Fsp3) is 0.0870. The topological polar surface area (TPSA) is 107 Å². The van der Waals surface area contributed by atoms with Crippen LogP contribution in [0.4, 0.5) is 0 Å². The average molecular weight is 795 g/mol. The smallest absolute Gasteiger partial charge is 0.577 e. The molecule has 58 heavy (non-hydrogen) atoms. The molecule has 4 aromatic heterocycles. The van der Waals surface area contributed by atoms with E-state index in [2.05, 4.69) is 0 Å². The maximum Gasteiger partial charge on any atom is 1.20 e. The summed E-state index contributed by atoms with van der Waals surface area (Å²) in [6, 6.07) is 46.6. The second-order valence-electron chi connectivity index (χ2n) is 13.9. The Morgan fingerprint density at radius 3 is 0.810 bits per heavy atom. The summed E-state index contributed by atoms with van der Waals surface area (Å²) in [5, 5.41) is 3.80. The lowest BCUT2D eigenvalue weighted by Gasteiger charge is -2.19. The molecular formula is C46H36Al2N4O6. The Hall–Kier alpha value is -6.40. The van der Waals surface area contributed by atoms with Crippen molar-refractivity contribution < 1.29 is 22.7 Å². The number of pyridine rings is 4. The van der Waals surface area contributed by atoms with Crippen LogP contribution in [0.5, 0.6) is 34.5 Å². The Balaban J connectivity index is 1.02. The Morgan fingerprint density at radius 2 is 0.552 bits per heavy atom. The Kier molecular flexibility index (Phi) is 10.4. The van der Waals surface area contributed by atoms with Gasteiger partial charge >= 0.3 is 30.3 Å². The molecule has 10 nitrogen and oxygen atoms in total. The molecule has 0 amide bonds. The van der Waals surface area contributed by atoms with Crippen molar-refractivity contribution in [2.24, 2.45) is 0 Å². The molecule has 0 aliphatic rings. The van der Waals surface area contributed by atoms with E-state index in [4.69, 9.17) is 42.7 Å². The van der Waals surface area contributed by atoms with Crippen LogP contribution in [0.2, 0.25) is 0 Å². The van der Waals surface area contributed by atoms with Crippen molar-refractivity contribution in [1.29, 1.82) is 0 Å². The van der Waals surface area contributed by atoms with Crippen LogP contribution in [0, 0.1) is 27.7 Å². The van der Waals surface area contributed by atoms with Crippen LogP contribution in [0.1, 0.15) is 22.8 Å². The van der Waals surface area contributed by atoms with E-state index >= 15 is 0 Å². The summed E-state index contributed by atoms with van der Waals surface area (Å²) >= 11 is -6.06. The fourth-order valence-electron chi connectivity index (χ4n) is 6.63. The monoisotopic (exact) mass is 794 g/mol. The summed E-state index contributed by atoms with van der Waals surface area (Å²) < 4.78 is 39.6. The van der Waals surface area contributed by atoms with E-state index in [0.29, 0.717) is 34.5 Å². The fourth-order valence-corrected chi connectivity index (χ4v) is 9.27. The molecule has 0 aliphatic carbocycles. The van der Waals surface area contributed by atoms with Crippen LogP contribution < -0.4 is 22.7 Å². The van der Waals surface area contributed by atoms with Gasteiger partial charge in [-0.1, -0.05) is 72.8 Å². The van der Waals surface area contributed by atoms with Gasteiger partial charge in [0.05, 0.1) is 11.5 Å². The maximum absolute atomic E-state index is 6.61. The number of nitrogens with zero attached hydrogens (tertiary/aromatic N) is 4. The van der Waals surface area contributed by atoms with E-state index in [0.717, 1.165) is 66.4 Å². The molecular weight excluding hydrogens is 758 g/mol. The third-order valence-electron chi connectivity index (χ3n) is 9.47. The first-order valence-electron chi connectivity index (χ1n) is 18.9. The van der Waals surface area contributed by atoms with Crippen LogP contribution in [-0.4, -0.2) is 50.2 Å². The first-order valence-corrected chi connectivity index (χ1v) is 21.7. The van der Waals surface area contributed by atoms with Gasteiger partial charge in [0.15, 0.2) is 0 Å². The molecule has 9 rings (SSSR count). The van der Waals surface area contributed by atoms with Gasteiger partial charge in [-0.25, -0.2) is 19.9 Å². The van der Waals surface area contributed by atoms with Gasteiger partial charge in [-0.2, -0.15) is 0 Å². The van der Waals surface area contributed by atoms with Gasteiger partial charge in [0, 0.05) is 44.3 Å². The van der Waals surface area contributed by atoms with E-state index < -0.39 is 30.3 Å². The average Bonchev–Trinajstić information content (AvgIpc) is 3.22. The normalized spacial score (nSPS) is 11.1. The molecule has 5 aromatic carbocycles. The van der Waals surface area contributed by atoms with Crippen LogP contribution in [0.25, 0.3) is 43.6 Å². The van der Waals surface area contributed by atoms with Crippen molar-refractivity contribution >= 4 is 73.9 Å². The number of rotatable bonds is 12. The van der Waals surface area contributed by atoms with Gasteiger partial charge in [-0.05, 0) is 100 Å². The number of aromatic nitrogens is 4. The van der Waals surface area contributed by atoms with Gasteiger partial charge in [-0.15, -0.1) is 0 Å². The van der Waals surface area contributed by atoms with Gasteiger partial charge in [0.1, 0.15) is 45.1 Å². The summed E-state index contributed by atoms with van der Waals surface area (Å²) in [6.45, 7) is 7.81. The van der Waals surface area contributed by atoms with Gasteiger partial charge in [0.25, 0.3) is 0 Å². The molecule has 0 saturated heterocycles. The second kappa shape index (κ2) is 16.2. The predicted octanol–water partition coefficient (Wildman–Crippen LogP) is 10.2. The second-order valence-corrected chi connectivity index (χ2v) is 16.4. The maximum atomic E-state index is 6.61. The molecule has 0 fully saturated rings. The van der Waals surface area contributed by atoms with Gasteiger partial charge in [-0.3, -0.25) is 0 Å². The van der Waals surface area contributed by atoms with Crippen LogP contribution in [-0.2, 0) is 0 Å². The number of para-hydroxylation sites is 4. The molecule has 0 atom stereocenters. The molecule has 4 heterocycles. The molecule has 12 heteroatoms. The summed E-state index contributed by atoms with van der Waals surface area (Å²) in [5.41, 5.74) is 6.42. The molecule has 0 radical (unpaired) electrons. The first-order chi connectivity index (χ1) is 28.3. The molecule has 0 bridgehead atoms. The van der Waals surface area contributed by atoms with Crippen molar-refractivity contribution in [3.63, 3.8) is 0 Å². The highest BCUT2D eigenvalue weighted by molar-refractivity contribution is 6.40. The van der Waals surface area contributed by atoms with E-state index in [-0.39, 0.29) is 0 Å². The molecule has 0 N–H and O–H groups in total. The van der Waals surface area contributed by atoms with Crippen LogP contribution in [0.15, 0.2) is 146 Å². The van der Waals surface area contributed by atoms with Crippen LogP contribution >= 0.6 is 0 Å². The Bertz CT molecular complexity index is 2580. The number of fused-ring (bicyclic) bond motifs is 4. The molecule has 0 aliphatic heterocycles. The Labute approximate surface area is 345 Å². The molecule has 0 unspecified atom stereocenters. The highest BCUT2D eigenvalue weighted by Crippen LogP contribution is 2.31. The van der Waals surface area contributed by atoms with Crippen molar-refractivity contribution in [1.82, 2.24) is 19.9 Å². The van der Waals surface area contributed by atoms with Crippen molar-refractivity contribution in [3.05, 3.63) is 168 Å². The van der Waals surface area contributed by atoms with Gasteiger partial charge in [0.2, 0.25) is 0 Å². The minimum atomic E-state index is -3.03. The summed E-state index contributed by atoms with van der Waals surface area (Å²) in [4.78, 5) is 19.1. The number of hydrogen-bond donors (Lipinski definition) is 0. The zero-order valence-electron chi connectivity index (χ0n) is 32.2. The van der Waals surface area contributed by atoms with E-state index in [1.54, 1.807) is 0 Å². The molecule has 282 valence electrons. The summed E-state index contributed by atoms with van der Waals surface area (Å²) in [7, 11) is 0. The lowest BCUT2D eigenvalue weighted by Crippen LogP contribution is -2.37. The zero-order chi connectivity index (χ0) is 39.6. The van der Waals surface area contributed by atoms with E-state index in [9.17, 15) is 0 Å². The SMILES string of the molecule is Cc1ccc2cccc([O][Al]([O]c3ccc([O][Al]([O]c4cccc5ccc(C)nc45)[O]c4cccc5ccc(C)nc45)cc3)[O]c3cccc4ccc(C)nc34)c2n1. The van der Waals surface area contributed by atoms with Crippen molar-refractivity contribution in [3.8, 4) is 34.5 Å². The Morgan fingerprint density at radius 1 is 0.293 bits per heavy atom. The van der Waals surface area contributed by atoms with E-state index in [1.165, 1.54) is 0 Å². The lowest BCUT2D eigenvalue weighted by atomic mass is 10.2. The third-order valence-corrected chi connectivity index (χ3v) is 12.2. The first kappa shape index (κ1) is 37.2. The minimum Gasteiger partial charge on any atom is -0.577 e. The number of hydrogen-bond acceptors (Lipinski definition) is 10. The number of aryl methyl sites for hydroxylation is 4. The third kappa shape index (κ3) is 8.19. The van der Waals surface area contributed by atoms with Crippen molar-refractivity contribution in [2.45, 2.75) is 27.7 Å². The largest absolute Gasteiger partial charge is 1.20 e. The van der Waals surface area contributed by atoms with Gasteiger partial charge < -0.3 is 22.7 Å². The lowest BCUT2D eigenvalue weighted by molar-refractivity contribution is 0.305. The van der Waals surface area contributed by atoms with Crippen molar-refractivity contribution in [2.75, 3.05) is 0 Å². The molecule has 0 saturated carbocycles. The van der Waals surface area contributed by atoms with Crippen LogP contribution in [0.3, 0.4) is 0 Å². The van der Waals surface area contributed by atoms with E-state index in [1.807, 2.05) is 173 Å². The predicted molar refractivity (Wildman–Crippen MR) is 228 cm³/mol. The highest BCUT2D eigenvalue weighted by Gasteiger charge is 2.47. The zero-order valence-corrected chi connectivity index (χ0v) is 34.6. The highest BCUT2D eigenvalue weighted by atomic mass is 27.3. The quantitative estimate of drug-likeness (QED) is 0.111. The number of benzene rings is 5. The molecule has 9 aromatic rings. The standard InChI is InChI=1S/4C10H9NO.C6H6O2.2Al/c4*1-7-5-6-8-3-2-4-9(12)10(8)11-7;7-5-1-2-6(8)4-3-5;;/h4*2-6,12H,1H3;1-4,7-8H;;/q;;;;;2*+3/p-6. The molecule has 0 spiro atoms. The summed E-state index contributed by atoms with van der Waals surface area (Å²) in [6.07, 6.45) is 0. The minimum absolute atomic E-state index is 0.528.